The third-order valence-electron chi connectivity index (χ3n) is 5.73. The number of amides is 1. The van der Waals surface area contributed by atoms with Gasteiger partial charge in [0.15, 0.2) is 4.80 Å². The number of piperidine rings is 1. The molecule has 0 bridgehead atoms. The number of aromatic nitrogens is 1. The summed E-state index contributed by atoms with van der Waals surface area (Å²) in [6, 6.07) is 11.8. The van der Waals surface area contributed by atoms with Crippen LogP contribution in [0.3, 0.4) is 0 Å². The molecule has 1 aliphatic rings. The van der Waals surface area contributed by atoms with Crippen LogP contribution < -0.4 is 9.54 Å². The molecular weight excluding hydrogens is 474 g/mol. The molecular formula is C24H29N3O5S2. The van der Waals surface area contributed by atoms with Crippen LogP contribution in [0.4, 0.5) is 0 Å². The Morgan fingerprint density at radius 2 is 1.82 bits per heavy atom. The molecule has 2 heterocycles. The van der Waals surface area contributed by atoms with Crippen molar-refractivity contribution in [1.29, 1.82) is 0 Å². The number of carbonyl (C=O) groups excluding carboxylic acids is 1. The van der Waals surface area contributed by atoms with Crippen molar-refractivity contribution in [3.8, 4) is 5.75 Å². The zero-order valence-corrected chi connectivity index (χ0v) is 21.0. The van der Waals surface area contributed by atoms with Gasteiger partial charge in [0.05, 0.1) is 22.8 Å². The van der Waals surface area contributed by atoms with Crippen molar-refractivity contribution in [3.05, 3.63) is 52.8 Å². The standard InChI is InChI=1S/C24H29N3O5S2/c1-3-32-20-8-7-9-21-22(20)27(16-17-31-2)24(33-21)25-23(28)18-10-12-19(13-11-18)34(29,30)26-14-5-4-6-15-26/h7-13H,3-6,14-17H2,1-2H3. The summed E-state index contributed by atoms with van der Waals surface area (Å²) < 4.78 is 41.2. The van der Waals surface area contributed by atoms with Gasteiger partial charge >= 0.3 is 0 Å². The Labute approximate surface area is 203 Å². The molecule has 4 rings (SSSR count). The summed E-state index contributed by atoms with van der Waals surface area (Å²) in [5.74, 6) is 0.297. The van der Waals surface area contributed by atoms with E-state index in [1.807, 2.05) is 29.7 Å². The number of thiazole rings is 1. The summed E-state index contributed by atoms with van der Waals surface area (Å²) in [6.45, 7) is 4.49. The SMILES string of the molecule is CCOc1cccc2sc(=NC(=O)c3ccc(S(=O)(=O)N4CCCCC4)cc3)n(CCOC)c12. The molecule has 0 aliphatic carbocycles. The normalized spacial score (nSPS) is 15.6. The lowest BCUT2D eigenvalue weighted by atomic mass is 10.2. The maximum atomic E-state index is 13.0. The van der Waals surface area contributed by atoms with Crippen molar-refractivity contribution in [3.63, 3.8) is 0 Å². The molecule has 0 unspecified atom stereocenters. The number of rotatable bonds is 8. The largest absolute Gasteiger partial charge is 0.492 e. The summed E-state index contributed by atoms with van der Waals surface area (Å²) in [6.07, 6.45) is 2.80. The fourth-order valence-electron chi connectivity index (χ4n) is 4.02. The first kappa shape index (κ1) is 24.6. The molecule has 1 aromatic heterocycles. The molecule has 1 aliphatic heterocycles. The first-order valence-corrected chi connectivity index (χ1v) is 13.6. The Morgan fingerprint density at radius 3 is 2.50 bits per heavy atom. The van der Waals surface area contributed by atoms with Crippen LogP contribution in [0.1, 0.15) is 36.5 Å². The van der Waals surface area contributed by atoms with E-state index in [-0.39, 0.29) is 4.90 Å². The zero-order chi connectivity index (χ0) is 24.1. The van der Waals surface area contributed by atoms with Crippen molar-refractivity contribution in [2.75, 3.05) is 33.4 Å². The maximum absolute atomic E-state index is 13.0. The Kier molecular flexibility index (Phi) is 7.82. The summed E-state index contributed by atoms with van der Waals surface area (Å²) in [4.78, 5) is 18.1. The van der Waals surface area contributed by atoms with E-state index in [2.05, 4.69) is 4.99 Å². The fourth-order valence-corrected chi connectivity index (χ4v) is 6.61. The van der Waals surface area contributed by atoms with Gasteiger partial charge in [-0.2, -0.15) is 9.30 Å². The van der Waals surface area contributed by atoms with E-state index in [1.54, 1.807) is 7.11 Å². The van der Waals surface area contributed by atoms with Crippen molar-refractivity contribution in [2.24, 2.45) is 4.99 Å². The summed E-state index contributed by atoms with van der Waals surface area (Å²) in [5.41, 5.74) is 1.21. The van der Waals surface area contributed by atoms with E-state index in [0.717, 1.165) is 35.2 Å². The minimum absolute atomic E-state index is 0.198. The van der Waals surface area contributed by atoms with Crippen molar-refractivity contribution in [1.82, 2.24) is 8.87 Å². The molecule has 1 saturated heterocycles. The zero-order valence-electron chi connectivity index (χ0n) is 19.4. The van der Waals surface area contributed by atoms with Gasteiger partial charge in [-0.15, -0.1) is 0 Å². The lowest BCUT2D eigenvalue weighted by molar-refractivity contribution is 0.0997. The smallest absolute Gasteiger partial charge is 0.279 e. The summed E-state index contributed by atoms with van der Waals surface area (Å²) >= 11 is 1.40. The summed E-state index contributed by atoms with van der Waals surface area (Å²) in [5, 5.41) is 0. The quantitative estimate of drug-likeness (QED) is 0.468. The van der Waals surface area contributed by atoms with E-state index >= 15 is 0 Å². The van der Waals surface area contributed by atoms with Crippen LogP contribution in [-0.2, 0) is 21.3 Å². The first-order chi connectivity index (χ1) is 16.5. The van der Waals surface area contributed by atoms with Gasteiger partial charge in [-0.1, -0.05) is 23.8 Å². The van der Waals surface area contributed by atoms with Crippen LogP contribution in [0.5, 0.6) is 5.75 Å². The number of ether oxygens (including phenoxy) is 2. The number of benzene rings is 2. The highest BCUT2D eigenvalue weighted by molar-refractivity contribution is 7.89. The molecule has 10 heteroatoms. The molecule has 1 amide bonds. The number of methoxy groups -OCH3 is 1. The van der Waals surface area contributed by atoms with E-state index in [0.29, 0.717) is 43.2 Å². The molecule has 0 atom stereocenters. The topological polar surface area (TPSA) is 90.2 Å². The predicted molar refractivity (Wildman–Crippen MR) is 132 cm³/mol. The van der Waals surface area contributed by atoms with Gasteiger partial charge in [-0.3, -0.25) is 4.79 Å². The number of sulfonamides is 1. The Hall–Kier alpha value is -2.53. The van der Waals surface area contributed by atoms with E-state index < -0.39 is 15.9 Å². The highest BCUT2D eigenvalue weighted by atomic mass is 32.2. The molecule has 0 radical (unpaired) electrons. The molecule has 0 saturated carbocycles. The van der Waals surface area contributed by atoms with Crippen LogP contribution in [-0.4, -0.2) is 56.6 Å². The molecule has 3 aromatic rings. The average Bonchev–Trinajstić information content (AvgIpc) is 3.21. The monoisotopic (exact) mass is 503 g/mol. The number of nitrogens with zero attached hydrogens (tertiary/aromatic N) is 3. The van der Waals surface area contributed by atoms with Gasteiger partial charge in [0.1, 0.15) is 11.3 Å². The van der Waals surface area contributed by atoms with Crippen molar-refractivity contribution in [2.45, 2.75) is 37.6 Å². The van der Waals surface area contributed by atoms with Gasteiger partial charge in [-0.05, 0) is 56.2 Å². The second-order valence-corrected chi connectivity index (χ2v) is 10.9. The lowest BCUT2D eigenvalue weighted by Gasteiger charge is -2.25. The van der Waals surface area contributed by atoms with E-state index in [1.165, 1.54) is 39.9 Å². The van der Waals surface area contributed by atoms with Crippen LogP contribution in [0.15, 0.2) is 52.4 Å². The van der Waals surface area contributed by atoms with Crippen LogP contribution >= 0.6 is 11.3 Å². The number of hydrogen-bond acceptors (Lipinski definition) is 6. The third-order valence-corrected chi connectivity index (χ3v) is 8.69. The number of hydrogen-bond donors (Lipinski definition) is 0. The number of carbonyl (C=O) groups is 1. The molecule has 2 aromatic carbocycles. The number of fused-ring (bicyclic) bond motifs is 1. The highest BCUT2D eigenvalue weighted by Crippen LogP contribution is 2.28. The molecule has 0 N–H and O–H groups in total. The second kappa shape index (κ2) is 10.8. The van der Waals surface area contributed by atoms with Gasteiger partial charge in [0.2, 0.25) is 10.0 Å². The van der Waals surface area contributed by atoms with E-state index in [4.69, 9.17) is 9.47 Å². The van der Waals surface area contributed by atoms with Crippen LogP contribution in [0, 0.1) is 0 Å². The van der Waals surface area contributed by atoms with Crippen molar-refractivity contribution < 1.29 is 22.7 Å². The average molecular weight is 504 g/mol. The lowest BCUT2D eigenvalue weighted by Crippen LogP contribution is -2.35. The minimum atomic E-state index is -3.55. The number of para-hydroxylation sites is 1. The first-order valence-electron chi connectivity index (χ1n) is 11.4. The minimum Gasteiger partial charge on any atom is -0.492 e. The van der Waals surface area contributed by atoms with Gasteiger partial charge in [0, 0.05) is 32.3 Å². The third kappa shape index (κ3) is 5.10. The molecule has 8 nitrogen and oxygen atoms in total. The second-order valence-electron chi connectivity index (χ2n) is 7.97. The molecule has 182 valence electrons. The fraction of sp³-hybridized carbons (Fsp3) is 0.417. The van der Waals surface area contributed by atoms with E-state index in [9.17, 15) is 13.2 Å². The predicted octanol–water partition coefficient (Wildman–Crippen LogP) is 3.66. The van der Waals surface area contributed by atoms with Gasteiger partial charge in [0.25, 0.3) is 5.91 Å². The molecule has 34 heavy (non-hydrogen) atoms. The Morgan fingerprint density at radius 1 is 1.09 bits per heavy atom. The van der Waals surface area contributed by atoms with Crippen LogP contribution in [0.2, 0.25) is 0 Å². The Balaban J connectivity index is 1.67. The van der Waals surface area contributed by atoms with Crippen molar-refractivity contribution >= 4 is 37.5 Å². The molecule has 1 fully saturated rings. The summed E-state index contributed by atoms with van der Waals surface area (Å²) in [7, 11) is -1.92. The maximum Gasteiger partial charge on any atom is 0.279 e. The molecule has 0 spiro atoms. The van der Waals surface area contributed by atoms with Crippen LogP contribution in [0.25, 0.3) is 10.2 Å². The Bertz CT molecular complexity index is 1320. The van der Waals surface area contributed by atoms with Gasteiger partial charge < -0.3 is 14.0 Å². The van der Waals surface area contributed by atoms with Gasteiger partial charge in [-0.25, -0.2) is 8.42 Å². The highest BCUT2D eigenvalue weighted by Gasteiger charge is 2.26.